The highest BCUT2D eigenvalue weighted by Crippen LogP contribution is 2.28. The van der Waals surface area contributed by atoms with Crippen molar-refractivity contribution in [3.05, 3.63) is 63.9 Å². The molecular formula is C21H21Cl2N7O3. The van der Waals surface area contributed by atoms with Gasteiger partial charge in [0.1, 0.15) is 11.9 Å². The minimum absolute atomic E-state index is 0.0570. The summed E-state index contributed by atoms with van der Waals surface area (Å²) in [6, 6.07) is 3.33. The molecule has 0 aliphatic heterocycles. The van der Waals surface area contributed by atoms with E-state index in [9.17, 15) is 4.79 Å². The van der Waals surface area contributed by atoms with E-state index in [0.29, 0.717) is 38.5 Å². The smallest absolute Gasteiger partial charge is 0.193 e. The number of carbonyl (C=O) groups is 1. The van der Waals surface area contributed by atoms with Gasteiger partial charge in [-0.1, -0.05) is 23.2 Å². The molecule has 0 bridgehead atoms. The van der Waals surface area contributed by atoms with Gasteiger partial charge in [-0.3, -0.25) is 4.79 Å². The van der Waals surface area contributed by atoms with Crippen molar-refractivity contribution in [3.63, 3.8) is 0 Å². The average Bonchev–Trinajstić information content (AvgIpc) is 3.44. The molecule has 4 heterocycles. The molecule has 2 atom stereocenters. The van der Waals surface area contributed by atoms with Gasteiger partial charge in [-0.05, 0) is 18.6 Å². The number of nitrogens with zero attached hydrogens (tertiary/aromatic N) is 7. The molecule has 4 aromatic heterocycles. The second-order valence-electron chi connectivity index (χ2n) is 7.36. The van der Waals surface area contributed by atoms with Gasteiger partial charge < -0.3 is 9.47 Å². The van der Waals surface area contributed by atoms with E-state index in [-0.39, 0.29) is 24.7 Å². The van der Waals surface area contributed by atoms with Crippen molar-refractivity contribution in [3.8, 4) is 5.82 Å². The first-order valence-electron chi connectivity index (χ1n) is 10.0. The molecule has 0 aliphatic rings. The zero-order valence-corrected chi connectivity index (χ0v) is 19.7. The van der Waals surface area contributed by atoms with Crippen LogP contribution in [0, 0.1) is 0 Å². The van der Waals surface area contributed by atoms with Crippen LogP contribution in [0.4, 0.5) is 0 Å². The van der Waals surface area contributed by atoms with Crippen LogP contribution < -0.4 is 0 Å². The fourth-order valence-electron chi connectivity index (χ4n) is 3.59. The normalized spacial score (nSPS) is 13.4. The van der Waals surface area contributed by atoms with E-state index < -0.39 is 6.10 Å². The van der Waals surface area contributed by atoms with Crippen LogP contribution >= 0.6 is 23.2 Å². The number of ketones is 1. The molecule has 0 saturated heterocycles. The van der Waals surface area contributed by atoms with E-state index in [4.69, 9.17) is 32.7 Å². The molecule has 4 rings (SSSR count). The van der Waals surface area contributed by atoms with Gasteiger partial charge in [-0.25, -0.2) is 14.5 Å². The van der Waals surface area contributed by atoms with E-state index >= 15 is 0 Å². The minimum Gasteiger partial charge on any atom is -0.379 e. The number of Topliss-reactive ketones (excluding diaryl/α,β-unsaturated/α-hetero) is 1. The molecule has 0 N–H and O–H groups in total. The zero-order valence-electron chi connectivity index (χ0n) is 18.1. The summed E-state index contributed by atoms with van der Waals surface area (Å²) in [5.41, 5.74) is 2.55. The monoisotopic (exact) mass is 489 g/mol. The van der Waals surface area contributed by atoms with Gasteiger partial charge in [0, 0.05) is 51.1 Å². The molecule has 0 spiro atoms. The molecule has 0 fully saturated rings. The van der Waals surface area contributed by atoms with E-state index in [1.165, 1.54) is 17.2 Å². The maximum atomic E-state index is 13.0. The number of pyridine rings is 1. The van der Waals surface area contributed by atoms with Crippen LogP contribution in [0.3, 0.4) is 0 Å². The summed E-state index contributed by atoms with van der Waals surface area (Å²) in [7, 11) is 3.17. The van der Waals surface area contributed by atoms with Crippen LogP contribution in [-0.4, -0.2) is 60.7 Å². The third kappa shape index (κ3) is 4.88. The minimum atomic E-state index is -0.490. The van der Waals surface area contributed by atoms with Crippen LogP contribution in [0.2, 0.25) is 10.2 Å². The van der Waals surface area contributed by atoms with Crippen LogP contribution in [0.25, 0.3) is 11.5 Å². The number of carbonyl (C=O) groups excluding carboxylic acids is 1. The molecule has 172 valence electrons. The molecule has 0 radical (unpaired) electrons. The highest BCUT2D eigenvalue weighted by atomic mass is 35.5. The molecule has 10 nitrogen and oxygen atoms in total. The van der Waals surface area contributed by atoms with Crippen molar-refractivity contribution in [1.29, 1.82) is 0 Å². The summed E-state index contributed by atoms with van der Waals surface area (Å²) < 4.78 is 12.8. The first-order valence-corrected chi connectivity index (χ1v) is 10.8. The van der Waals surface area contributed by atoms with Crippen molar-refractivity contribution in [2.24, 2.45) is 0 Å². The van der Waals surface area contributed by atoms with E-state index in [0.717, 1.165) is 0 Å². The van der Waals surface area contributed by atoms with Crippen molar-refractivity contribution >= 4 is 34.6 Å². The van der Waals surface area contributed by atoms with E-state index in [2.05, 4.69) is 25.3 Å². The second-order valence-corrected chi connectivity index (χ2v) is 8.16. The lowest BCUT2D eigenvalue weighted by molar-refractivity contribution is -0.117. The van der Waals surface area contributed by atoms with Crippen molar-refractivity contribution in [1.82, 2.24) is 34.6 Å². The van der Waals surface area contributed by atoms with Gasteiger partial charge in [0.25, 0.3) is 0 Å². The SMILES string of the molecule is CO[C@@H](C)[C@H](OC)c1c(CC(=O)Cc2cnc(-n3nccn3)c(Cl)c2)cnc2cc(Cl)nn12. The predicted molar refractivity (Wildman–Crippen MR) is 121 cm³/mol. The number of methoxy groups -OCH3 is 2. The molecule has 0 aromatic carbocycles. The zero-order chi connectivity index (χ0) is 23.5. The molecule has 0 amide bonds. The molecule has 0 saturated carbocycles. The molecule has 0 aliphatic carbocycles. The Labute approximate surface area is 199 Å². The van der Waals surface area contributed by atoms with Crippen LogP contribution in [-0.2, 0) is 27.1 Å². The highest BCUT2D eigenvalue weighted by molar-refractivity contribution is 6.32. The summed E-state index contributed by atoms with van der Waals surface area (Å²) in [4.78, 5) is 23.0. The lowest BCUT2D eigenvalue weighted by Gasteiger charge is -2.24. The second kappa shape index (κ2) is 9.92. The fourth-order valence-corrected chi connectivity index (χ4v) is 4.03. The Balaban J connectivity index is 1.61. The first kappa shape index (κ1) is 23.2. The van der Waals surface area contributed by atoms with Gasteiger partial charge in [-0.15, -0.1) is 4.80 Å². The lowest BCUT2D eigenvalue weighted by Crippen LogP contribution is -2.25. The van der Waals surface area contributed by atoms with Gasteiger partial charge in [-0.2, -0.15) is 15.3 Å². The highest BCUT2D eigenvalue weighted by Gasteiger charge is 2.27. The Kier molecular flexibility index (Phi) is 6.99. The number of hydrogen-bond donors (Lipinski definition) is 0. The Morgan fingerprint density at radius 3 is 2.48 bits per heavy atom. The first-order chi connectivity index (χ1) is 15.9. The van der Waals surface area contributed by atoms with Crippen molar-refractivity contribution < 1.29 is 14.3 Å². The summed E-state index contributed by atoms with van der Waals surface area (Å²) in [6.45, 7) is 1.88. The topological polar surface area (TPSA) is 109 Å². The van der Waals surface area contributed by atoms with Gasteiger partial charge in [0.15, 0.2) is 16.6 Å². The van der Waals surface area contributed by atoms with E-state index in [1.807, 2.05) is 6.92 Å². The third-order valence-corrected chi connectivity index (χ3v) is 5.63. The van der Waals surface area contributed by atoms with Crippen LogP contribution in [0.15, 0.2) is 36.9 Å². The number of aromatic nitrogens is 7. The van der Waals surface area contributed by atoms with Crippen LogP contribution in [0.1, 0.15) is 29.8 Å². The Morgan fingerprint density at radius 1 is 1.06 bits per heavy atom. The van der Waals surface area contributed by atoms with Crippen molar-refractivity contribution in [2.75, 3.05) is 14.2 Å². The molecule has 12 heteroatoms. The Bertz CT molecular complexity index is 1280. The molecule has 33 heavy (non-hydrogen) atoms. The quantitative estimate of drug-likeness (QED) is 0.352. The molecule has 0 unspecified atom stereocenters. The number of ether oxygens (including phenoxy) is 2. The Morgan fingerprint density at radius 2 is 1.82 bits per heavy atom. The van der Waals surface area contributed by atoms with Crippen molar-refractivity contribution in [2.45, 2.75) is 32.0 Å². The maximum absolute atomic E-state index is 13.0. The molecular weight excluding hydrogens is 469 g/mol. The third-order valence-electron chi connectivity index (χ3n) is 5.17. The summed E-state index contributed by atoms with van der Waals surface area (Å²) in [5.74, 6) is 0.334. The van der Waals surface area contributed by atoms with Gasteiger partial charge in [0.2, 0.25) is 0 Å². The number of hydrogen-bond acceptors (Lipinski definition) is 8. The average molecular weight is 490 g/mol. The number of fused-ring (bicyclic) bond motifs is 1. The van der Waals surface area contributed by atoms with Gasteiger partial charge >= 0.3 is 0 Å². The van der Waals surface area contributed by atoms with Crippen LogP contribution in [0.5, 0.6) is 0 Å². The number of rotatable bonds is 9. The largest absolute Gasteiger partial charge is 0.379 e. The van der Waals surface area contributed by atoms with E-state index in [1.54, 1.807) is 43.3 Å². The summed E-state index contributed by atoms with van der Waals surface area (Å²) >= 11 is 12.4. The standard InChI is InChI=1S/C21H21Cl2N7O3/c1-12(32-2)20(33-3)19-14(11-24-18-9-17(23)28-29(18)19)8-15(31)6-13-7-16(22)21(25-10-13)30-26-4-5-27-30/h4-5,7,9-12,20H,6,8H2,1-3H3/t12-,20-/m0/s1. The lowest BCUT2D eigenvalue weighted by atomic mass is 9.99. The van der Waals surface area contributed by atoms with Gasteiger partial charge in [0.05, 0.1) is 29.2 Å². The number of halogens is 2. The fraction of sp³-hybridized carbons (Fsp3) is 0.333. The maximum Gasteiger partial charge on any atom is 0.193 e. The Hall–Kier alpha value is -2.92. The molecule has 4 aromatic rings. The predicted octanol–water partition coefficient (Wildman–Crippen LogP) is 3.09. The summed E-state index contributed by atoms with van der Waals surface area (Å²) in [6.07, 6.45) is 5.74. The summed E-state index contributed by atoms with van der Waals surface area (Å²) in [5, 5.41) is 13.0.